The normalized spacial score (nSPS) is 20.1. The van der Waals surface area contributed by atoms with Crippen molar-refractivity contribution in [2.75, 3.05) is 7.11 Å². The Bertz CT molecular complexity index is 518. The molecule has 1 fully saturated rings. The zero-order chi connectivity index (χ0) is 14.3. The van der Waals surface area contributed by atoms with Gasteiger partial charge >= 0.3 is 7.12 Å². The van der Waals surface area contributed by atoms with Gasteiger partial charge in [0.05, 0.1) is 23.9 Å². The summed E-state index contributed by atoms with van der Waals surface area (Å²) in [5.74, 6) is 3.01. The van der Waals surface area contributed by atoms with Gasteiger partial charge in [0.1, 0.15) is 0 Å². The van der Waals surface area contributed by atoms with Crippen LogP contribution in [0.4, 0.5) is 0 Å². The van der Waals surface area contributed by atoms with Gasteiger partial charge in [-0.15, -0.1) is 6.42 Å². The van der Waals surface area contributed by atoms with Crippen LogP contribution < -0.4 is 10.2 Å². The van der Waals surface area contributed by atoms with E-state index in [1.54, 1.807) is 12.3 Å². The van der Waals surface area contributed by atoms with Gasteiger partial charge in [-0.25, -0.2) is 4.98 Å². The summed E-state index contributed by atoms with van der Waals surface area (Å²) in [6.07, 6.45) is 7.19. The van der Waals surface area contributed by atoms with E-state index < -0.39 is 18.3 Å². The maximum Gasteiger partial charge on any atom is 0.496 e. The maximum atomic E-state index is 5.99. The van der Waals surface area contributed by atoms with Crippen molar-refractivity contribution in [1.29, 1.82) is 0 Å². The minimum absolute atomic E-state index is 0.403. The van der Waals surface area contributed by atoms with Gasteiger partial charge in [-0.2, -0.15) is 0 Å². The standard InChI is InChI=1S/C14H18BNO3/c1-7-10-11(8-9-16-12(10)17-6)15-18-13(2,3)14(4,5)19-15/h1,8-9H,2-6H3. The van der Waals surface area contributed by atoms with Crippen LogP contribution in [0.3, 0.4) is 0 Å². The summed E-state index contributed by atoms with van der Waals surface area (Å²) in [6.45, 7) is 8.00. The average Bonchev–Trinajstić information content (AvgIpc) is 2.57. The number of nitrogens with zero attached hydrogens (tertiary/aromatic N) is 1. The molecule has 0 radical (unpaired) electrons. The first kappa shape index (κ1) is 13.9. The lowest BCUT2D eigenvalue weighted by atomic mass is 9.76. The number of rotatable bonds is 2. The van der Waals surface area contributed by atoms with Gasteiger partial charge in [0.25, 0.3) is 0 Å². The van der Waals surface area contributed by atoms with E-state index in [1.165, 1.54) is 7.11 Å². The van der Waals surface area contributed by atoms with E-state index in [0.717, 1.165) is 5.46 Å². The average molecular weight is 259 g/mol. The smallest absolute Gasteiger partial charge is 0.480 e. The summed E-state index contributed by atoms with van der Waals surface area (Å²) >= 11 is 0. The summed E-state index contributed by atoms with van der Waals surface area (Å²) in [7, 11) is 1.03. The molecule has 100 valence electrons. The van der Waals surface area contributed by atoms with Crippen LogP contribution in [0.15, 0.2) is 12.3 Å². The number of hydrogen-bond acceptors (Lipinski definition) is 4. The van der Waals surface area contributed by atoms with Crippen LogP contribution in [0.1, 0.15) is 33.3 Å². The van der Waals surface area contributed by atoms with E-state index in [1.807, 2.05) is 27.7 Å². The van der Waals surface area contributed by atoms with E-state index in [9.17, 15) is 0 Å². The van der Waals surface area contributed by atoms with E-state index in [2.05, 4.69) is 10.9 Å². The van der Waals surface area contributed by atoms with Crippen LogP contribution in [0.5, 0.6) is 5.88 Å². The van der Waals surface area contributed by atoms with Gasteiger partial charge in [-0.1, -0.05) is 5.92 Å². The highest BCUT2D eigenvalue weighted by atomic mass is 16.7. The third-order valence-electron chi connectivity index (χ3n) is 3.79. The molecule has 0 amide bonds. The molecule has 19 heavy (non-hydrogen) atoms. The van der Waals surface area contributed by atoms with Crippen LogP contribution >= 0.6 is 0 Å². The molecule has 0 aliphatic carbocycles. The van der Waals surface area contributed by atoms with Crippen molar-refractivity contribution in [2.24, 2.45) is 0 Å². The van der Waals surface area contributed by atoms with Crippen LogP contribution in [0.2, 0.25) is 0 Å². The fraction of sp³-hybridized carbons (Fsp3) is 0.500. The Balaban J connectivity index is 2.43. The Hall–Kier alpha value is -1.51. The Morgan fingerprint density at radius 2 is 1.84 bits per heavy atom. The lowest BCUT2D eigenvalue weighted by Crippen LogP contribution is -2.41. The zero-order valence-electron chi connectivity index (χ0n) is 12.0. The largest absolute Gasteiger partial charge is 0.496 e. The number of pyridine rings is 1. The van der Waals surface area contributed by atoms with Gasteiger partial charge in [0, 0.05) is 11.7 Å². The molecule has 2 rings (SSSR count). The molecule has 1 aliphatic heterocycles. The zero-order valence-corrected chi connectivity index (χ0v) is 12.0. The Morgan fingerprint density at radius 3 is 2.32 bits per heavy atom. The summed E-state index contributed by atoms with van der Waals surface area (Å²) in [6, 6.07) is 1.81. The molecule has 0 N–H and O–H groups in total. The van der Waals surface area contributed by atoms with E-state index >= 15 is 0 Å². The summed E-state index contributed by atoms with van der Waals surface area (Å²) in [5, 5.41) is 0. The number of aromatic nitrogens is 1. The minimum Gasteiger partial charge on any atom is -0.480 e. The number of ether oxygens (including phenoxy) is 1. The molecule has 0 unspecified atom stereocenters. The van der Waals surface area contributed by atoms with Gasteiger partial charge in [-0.05, 0) is 33.8 Å². The fourth-order valence-electron chi connectivity index (χ4n) is 1.92. The van der Waals surface area contributed by atoms with Crippen LogP contribution in [0, 0.1) is 12.3 Å². The molecule has 1 aromatic heterocycles. The molecule has 0 spiro atoms. The molecule has 0 aromatic carbocycles. The highest BCUT2D eigenvalue weighted by molar-refractivity contribution is 6.63. The highest BCUT2D eigenvalue weighted by Crippen LogP contribution is 2.36. The molecule has 0 atom stereocenters. The van der Waals surface area contributed by atoms with Gasteiger partial charge < -0.3 is 14.0 Å². The van der Waals surface area contributed by atoms with Crippen molar-refractivity contribution in [3.05, 3.63) is 17.8 Å². The Morgan fingerprint density at radius 1 is 1.26 bits per heavy atom. The molecule has 1 saturated heterocycles. The fourth-order valence-corrected chi connectivity index (χ4v) is 1.92. The summed E-state index contributed by atoms with van der Waals surface area (Å²) in [4.78, 5) is 4.10. The SMILES string of the molecule is C#Cc1c(B2OC(C)(C)C(C)(C)O2)ccnc1OC. The molecular weight excluding hydrogens is 241 g/mol. The van der Waals surface area contributed by atoms with Crippen molar-refractivity contribution in [2.45, 2.75) is 38.9 Å². The number of terminal acetylenes is 1. The molecule has 2 heterocycles. The first-order valence-electron chi connectivity index (χ1n) is 6.17. The second-order valence-electron chi connectivity index (χ2n) is 5.52. The Labute approximate surface area is 114 Å². The lowest BCUT2D eigenvalue weighted by Gasteiger charge is -2.32. The third-order valence-corrected chi connectivity index (χ3v) is 3.79. The number of hydrogen-bond donors (Lipinski definition) is 0. The van der Waals surface area contributed by atoms with Gasteiger partial charge in [0.2, 0.25) is 5.88 Å². The second-order valence-corrected chi connectivity index (χ2v) is 5.52. The predicted octanol–water partition coefficient (Wildman–Crippen LogP) is 1.37. The quantitative estimate of drug-likeness (QED) is 0.594. The van der Waals surface area contributed by atoms with Gasteiger partial charge in [0.15, 0.2) is 0 Å². The van der Waals surface area contributed by atoms with Crippen LogP contribution in [-0.4, -0.2) is 30.4 Å². The van der Waals surface area contributed by atoms with Crippen LogP contribution in [-0.2, 0) is 9.31 Å². The molecule has 1 aliphatic rings. The predicted molar refractivity (Wildman–Crippen MR) is 74.4 cm³/mol. The van der Waals surface area contributed by atoms with Crippen LogP contribution in [0.25, 0.3) is 0 Å². The minimum atomic E-state index is -0.507. The topological polar surface area (TPSA) is 40.6 Å². The maximum absolute atomic E-state index is 5.99. The summed E-state index contributed by atoms with van der Waals surface area (Å²) < 4.78 is 17.2. The monoisotopic (exact) mass is 259 g/mol. The number of methoxy groups -OCH3 is 1. The third kappa shape index (κ3) is 2.22. The molecule has 5 heteroatoms. The van der Waals surface area contributed by atoms with Crippen molar-refractivity contribution >= 4 is 12.6 Å². The lowest BCUT2D eigenvalue weighted by molar-refractivity contribution is 0.00578. The van der Waals surface area contributed by atoms with Crippen molar-refractivity contribution in [1.82, 2.24) is 4.98 Å². The highest BCUT2D eigenvalue weighted by Gasteiger charge is 2.52. The summed E-state index contributed by atoms with van der Waals surface area (Å²) in [5.41, 5.74) is 0.539. The van der Waals surface area contributed by atoms with E-state index in [4.69, 9.17) is 20.5 Å². The molecular formula is C14H18BNO3. The van der Waals surface area contributed by atoms with E-state index in [0.29, 0.717) is 11.4 Å². The first-order valence-corrected chi connectivity index (χ1v) is 6.17. The molecule has 4 nitrogen and oxygen atoms in total. The van der Waals surface area contributed by atoms with Crippen molar-refractivity contribution in [3.8, 4) is 18.2 Å². The molecule has 0 saturated carbocycles. The Kier molecular flexibility index (Phi) is 3.33. The molecule has 1 aromatic rings. The van der Waals surface area contributed by atoms with Gasteiger partial charge in [-0.3, -0.25) is 0 Å². The molecule has 0 bridgehead atoms. The second kappa shape index (κ2) is 4.55. The van der Waals surface area contributed by atoms with Crippen molar-refractivity contribution < 1.29 is 14.0 Å². The first-order chi connectivity index (χ1) is 8.82. The van der Waals surface area contributed by atoms with E-state index in [-0.39, 0.29) is 0 Å². The van der Waals surface area contributed by atoms with Crippen molar-refractivity contribution in [3.63, 3.8) is 0 Å².